The van der Waals surface area contributed by atoms with Gasteiger partial charge < -0.3 is 10.2 Å². The Morgan fingerprint density at radius 1 is 0.824 bits per heavy atom. The maximum absolute atomic E-state index is 12.8. The Morgan fingerprint density at radius 2 is 1.50 bits per heavy atom. The van der Waals surface area contributed by atoms with Gasteiger partial charge in [0.1, 0.15) is 0 Å². The van der Waals surface area contributed by atoms with Gasteiger partial charge in [0.25, 0.3) is 0 Å². The highest BCUT2D eigenvalue weighted by atomic mass is 16.4. The van der Waals surface area contributed by atoms with E-state index in [4.69, 9.17) is 0 Å². The lowest BCUT2D eigenvalue weighted by Crippen LogP contribution is -2.67. The maximum atomic E-state index is 12.8. The summed E-state index contributed by atoms with van der Waals surface area (Å²) in [6, 6.07) is 0. The minimum atomic E-state index is -0.538. The van der Waals surface area contributed by atoms with Crippen molar-refractivity contribution in [2.75, 3.05) is 0 Å². The second kappa shape index (κ2) is 7.83. The number of carbonyl (C=O) groups is 1. The lowest BCUT2D eigenvalue weighted by Gasteiger charge is -2.72. The van der Waals surface area contributed by atoms with Crippen molar-refractivity contribution in [2.24, 2.45) is 56.7 Å². The number of allylic oxidation sites excluding steroid dienone is 1. The molecule has 5 rings (SSSR count). The van der Waals surface area contributed by atoms with Gasteiger partial charge in [-0.05, 0) is 122 Å². The van der Waals surface area contributed by atoms with E-state index < -0.39 is 11.4 Å². The molecule has 0 saturated heterocycles. The number of carboxylic acid groups (broad SMARTS) is 1. The fourth-order valence-electron chi connectivity index (χ4n) is 11.5. The molecule has 5 fully saturated rings. The first-order chi connectivity index (χ1) is 15.3. The molecule has 34 heavy (non-hydrogen) atoms. The van der Waals surface area contributed by atoms with E-state index in [0.29, 0.717) is 23.7 Å². The van der Waals surface area contributed by atoms with Crippen LogP contribution >= 0.6 is 0 Å². The fraction of sp³-hybridized carbons (Fsp3) is 0.903. The van der Waals surface area contributed by atoms with E-state index >= 15 is 0 Å². The molecule has 0 amide bonds. The Kier molecular flexibility index (Phi) is 6.04. The van der Waals surface area contributed by atoms with Crippen molar-refractivity contribution >= 4 is 5.97 Å². The van der Waals surface area contributed by atoms with Gasteiger partial charge in [0, 0.05) is 0 Å². The molecule has 10 atom stereocenters. The van der Waals surface area contributed by atoms with Gasteiger partial charge >= 0.3 is 5.97 Å². The van der Waals surface area contributed by atoms with Crippen molar-refractivity contribution in [1.82, 2.24) is 0 Å². The van der Waals surface area contributed by atoms with Gasteiger partial charge in [-0.1, -0.05) is 54.2 Å². The molecule has 3 nitrogen and oxygen atoms in total. The molecule has 0 heterocycles. The molecule has 0 spiro atoms. The number of fused-ring (bicyclic) bond motifs is 7. The highest BCUT2D eigenvalue weighted by molar-refractivity contribution is 5.76. The lowest BCUT2D eigenvalue weighted by atomic mass is 9.32. The molecule has 5 aliphatic rings. The van der Waals surface area contributed by atoms with Crippen LogP contribution < -0.4 is 0 Å². The van der Waals surface area contributed by atoms with Gasteiger partial charge in [0.15, 0.2) is 0 Å². The standard InChI is InChI=1S/C30H48O3.CH4/c1-18(2)19-10-15-30(25(32)33)17-16-28(6)20(24(19)30)8-9-22-27(5)13-12-23(31)26(3,4)21(27)11-14-29(22,28)7;/h19-24,31H,1,8-17H2,2-7H3,(H,32,33);1H4/t19-,20?,21?,22+,23-,24?,27-,28+,29+,30-;/m0./s1. The second-order valence-corrected chi connectivity index (χ2v) is 14.5. The lowest BCUT2D eigenvalue weighted by molar-refractivity contribution is -0.248. The smallest absolute Gasteiger partial charge is 0.309 e. The van der Waals surface area contributed by atoms with Crippen LogP contribution in [0, 0.1) is 56.7 Å². The van der Waals surface area contributed by atoms with Crippen molar-refractivity contribution in [3.8, 4) is 0 Å². The van der Waals surface area contributed by atoms with Gasteiger partial charge in [-0.25, -0.2) is 0 Å². The van der Waals surface area contributed by atoms with Crippen molar-refractivity contribution in [3.05, 3.63) is 12.2 Å². The minimum Gasteiger partial charge on any atom is -0.481 e. The molecule has 0 aromatic heterocycles. The number of aliphatic hydroxyl groups is 1. The molecule has 3 heteroatoms. The zero-order chi connectivity index (χ0) is 24.2. The third-order valence-electron chi connectivity index (χ3n) is 13.5. The van der Waals surface area contributed by atoms with Crippen LogP contribution in [0.2, 0.25) is 0 Å². The van der Waals surface area contributed by atoms with Crippen LogP contribution in [0.3, 0.4) is 0 Å². The van der Waals surface area contributed by atoms with Crippen molar-refractivity contribution in [2.45, 2.75) is 119 Å². The van der Waals surface area contributed by atoms with E-state index in [1.165, 1.54) is 31.3 Å². The molecule has 194 valence electrons. The number of aliphatic carboxylic acids is 1. The van der Waals surface area contributed by atoms with Crippen LogP contribution in [-0.4, -0.2) is 22.3 Å². The summed E-state index contributed by atoms with van der Waals surface area (Å²) in [5, 5.41) is 21.4. The summed E-state index contributed by atoms with van der Waals surface area (Å²) in [5.41, 5.74) is 1.35. The normalized spacial score (nSPS) is 53.4. The van der Waals surface area contributed by atoms with Crippen molar-refractivity contribution in [3.63, 3.8) is 0 Å². The molecule has 2 N–H and O–H groups in total. The van der Waals surface area contributed by atoms with Crippen molar-refractivity contribution < 1.29 is 15.0 Å². The Hall–Kier alpha value is -0.830. The summed E-state index contributed by atoms with van der Waals surface area (Å²) in [4.78, 5) is 12.8. The molecule has 0 bridgehead atoms. The third-order valence-corrected chi connectivity index (χ3v) is 13.5. The van der Waals surface area contributed by atoms with Gasteiger partial charge in [-0.2, -0.15) is 0 Å². The average Bonchev–Trinajstić information content (AvgIpc) is 3.13. The van der Waals surface area contributed by atoms with Crippen LogP contribution in [0.5, 0.6) is 0 Å². The molecular weight excluding hydrogens is 420 g/mol. The molecule has 0 radical (unpaired) electrons. The summed E-state index contributed by atoms with van der Waals surface area (Å²) >= 11 is 0. The van der Waals surface area contributed by atoms with Crippen LogP contribution in [0.15, 0.2) is 12.2 Å². The highest BCUT2D eigenvalue weighted by Crippen LogP contribution is 2.77. The second-order valence-electron chi connectivity index (χ2n) is 14.5. The third kappa shape index (κ3) is 2.94. The predicted octanol–water partition coefficient (Wildman–Crippen LogP) is 7.73. The first-order valence-corrected chi connectivity index (χ1v) is 13.8. The quantitative estimate of drug-likeness (QED) is 0.404. The van der Waals surface area contributed by atoms with Crippen LogP contribution in [0.4, 0.5) is 0 Å². The Labute approximate surface area is 209 Å². The largest absolute Gasteiger partial charge is 0.481 e. The Morgan fingerprint density at radius 3 is 2.12 bits per heavy atom. The monoisotopic (exact) mass is 472 g/mol. The zero-order valence-electron chi connectivity index (χ0n) is 22.0. The number of hydrogen-bond donors (Lipinski definition) is 2. The molecular formula is C31H52O3. The van der Waals surface area contributed by atoms with Gasteiger partial charge in [-0.15, -0.1) is 0 Å². The van der Waals surface area contributed by atoms with Crippen LogP contribution in [0.1, 0.15) is 113 Å². The number of hydrogen-bond acceptors (Lipinski definition) is 2. The van der Waals surface area contributed by atoms with E-state index in [1.54, 1.807) is 0 Å². The fourth-order valence-corrected chi connectivity index (χ4v) is 11.5. The predicted molar refractivity (Wildman–Crippen MR) is 139 cm³/mol. The van der Waals surface area contributed by atoms with Gasteiger partial charge in [0.05, 0.1) is 11.5 Å². The van der Waals surface area contributed by atoms with E-state index in [2.05, 4.69) is 48.1 Å². The minimum absolute atomic E-state index is 0. The number of rotatable bonds is 2. The van der Waals surface area contributed by atoms with Crippen LogP contribution in [0.25, 0.3) is 0 Å². The summed E-state index contributed by atoms with van der Waals surface area (Å²) in [5.74, 6) is 1.79. The van der Waals surface area contributed by atoms with E-state index in [-0.39, 0.29) is 41.1 Å². The average molecular weight is 473 g/mol. The van der Waals surface area contributed by atoms with E-state index in [0.717, 1.165) is 38.5 Å². The first kappa shape index (κ1) is 26.2. The summed E-state index contributed by atoms with van der Waals surface area (Å²) in [7, 11) is 0. The van der Waals surface area contributed by atoms with E-state index in [9.17, 15) is 15.0 Å². The van der Waals surface area contributed by atoms with Crippen molar-refractivity contribution in [1.29, 1.82) is 0 Å². The SMILES string of the molecule is C.C=C(C)[C@@H]1CC[C@]2(C(=O)O)CC[C@]3(C)C(CC[C@@H]4[C@@]5(C)CC[C@H](O)C(C)(C)C5CC[C@]43C)C12. The van der Waals surface area contributed by atoms with E-state index in [1.807, 2.05) is 0 Å². The summed E-state index contributed by atoms with van der Waals surface area (Å²) in [6.45, 7) is 18.8. The van der Waals surface area contributed by atoms with Gasteiger partial charge in [0.2, 0.25) is 0 Å². The molecule has 0 aliphatic heterocycles. The van der Waals surface area contributed by atoms with Gasteiger partial charge in [-0.3, -0.25) is 4.79 Å². The molecule has 0 aromatic carbocycles. The summed E-state index contributed by atoms with van der Waals surface area (Å²) in [6.07, 6.45) is 10.5. The molecule has 0 aromatic rings. The topological polar surface area (TPSA) is 57.5 Å². The first-order valence-electron chi connectivity index (χ1n) is 13.8. The molecule has 5 aliphatic carbocycles. The Bertz CT molecular complexity index is 861. The highest BCUT2D eigenvalue weighted by Gasteiger charge is 2.71. The van der Waals surface area contributed by atoms with Crippen LogP contribution in [-0.2, 0) is 4.79 Å². The number of carboxylic acids is 1. The number of aliphatic hydroxyl groups excluding tert-OH is 1. The molecule has 5 saturated carbocycles. The zero-order valence-corrected chi connectivity index (χ0v) is 22.0. The molecule has 3 unspecified atom stereocenters. The Balaban J connectivity index is 0.00000274. The summed E-state index contributed by atoms with van der Waals surface area (Å²) < 4.78 is 0. The maximum Gasteiger partial charge on any atom is 0.309 e.